The highest BCUT2D eigenvalue weighted by Crippen LogP contribution is 2.48. The van der Waals surface area contributed by atoms with Crippen LogP contribution in [0.25, 0.3) is 5.52 Å². The third-order valence-electron chi connectivity index (χ3n) is 6.97. The number of rotatable bonds is 12. The number of aliphatic hydroxyl groups excluding tert-OH is 2. The number of alkyl halides is 1. The van der Waals surface area contributed by atoms with Gasteiger partial charge in [0.25, 0.3) is 5.91 Å². The van der Waals surface area contributed by atoms with Crippen LogP contribution in [-0.4, -0.2) is 78.9 Å². The molecule has 0 unspecified atom stereocenters. The number of carboxylic acids is 1. The van der Waals surface area contributed by atoms with E-state index in [0.29, 0.717) is 11.1 Å². The van der Waals surface area contributed by atoms with Gasteiger partial charge in [0.15, 0.2) is 5.82 Å². The fraction of sp³-hybridized carbons (Fsp3) is 0.286. The van der Waals surface area contributed by atoms with Crippen molar-refractivity contribution in [1.82, 2.24) is 19.7 Å². The zero-order valence-electron chi connectivity index (χ0n) is 23.2. The number of amides is 1. The van der Waals surface area contributed by atoms with Crippen LogP contribution >= 0.6 is 7.75 Å². The number of carbonyl (C=O) groups excluding carboxylic acids is 1. The lowest BCUT2D eigenvalue weighted by molar-refractivity contribution is -0.138. The standard InChI is InChI=1S/C28H29FN5O9P/c1-17(27(38)39)33-44(40,43-19-10-6-3-7-11-19)41-15-28(14-29)24(36)22(35)23(42-28)20-12-13-21-25(30-16-31-34(20)21)32-26(37)18-8-4-2-5-9-18/h2-13,16-17,22-24,35-36H,14-15H2,1H3,(H,33,40)(H,38,39)(H,30,31,32,37)/t17-,22-,23-,24-,28+,44-/m0/s1. The van der Waals surface area contributed by atoms with E-state index in [-0.39, 0.29) is 17.3 Å². The molecular formula is C28H29FN5O9P. The van der Waals surface area contributed by atoms with Gasteiger partial charge in [-0.15, -0.1) is 0 Å². The number of aliphatic hydroxyl groups is 2. The number of nitrogens with zero attached hydrogens (tertiary/aromatic N) is 3. The van der Waals surface area contributed by atoms with Crippen molar-refractivity contribution >= 4 is 31.0 Å². The number of fused-ring (bicyclic) bond motifs is 1. The number of halogens is 1. The van der Waals surface area contributed by atoms with E-state index >= 15 is 0 Å². The van der Waals surface area contributed by atoms with Gasteiger partial charge in [-0.25, -0.2) is 18.5 Å². The van der Waals surface area contributed by atoms with Gasteiger partial charge in [-0.1, -0.05) is 36.4 Å². The highest BCUT2D eigenvalue weighted by Gasteiger charge is 2.57. The fourth-order valence-corrected chi connectivity index (χ4v) is 6.16. The molecule has 14 nitrogen and oxygen atoms in total. The first-order chi connectivity index (χ1) is 21.1. The molecule has 5 rings (SSSR count). The molecule has 4 aromatic rings. The zero-order chi connectivity index (χ0) is 31.5. The molecule has 0 bridgehead atoms. The van der Waals surface area contributed by atoms with E-state index in [1.54, 1.807) is 54.6 Å². The fourth-order valence-electron chi connectivity index (χ4n) is 4.60. The molecule has 1 saturated heterocycles. The van der Waals surface area contributed by atoms with Crippen molar-refractivity contribution in [2.45, 2.75) is 36.9 Å². The normalized spacial score (nSPS) is 23.6. The van der Waals surface area contributed by atoms with E-state index < -0.39 is 62.9 Å². The van der Waals surface area contributed by atoms with E-state index in [4.69, 9.17) is 13.8 Å². The predicted octanol–water partition coefficient (Wildman–Crippen LogP) is 2.75. The minimum absolute atomic E-state index is 0.0653. The van der Waals surface area contributed by atoms with Crippen molar-refractivity contribution in [2.75, 3.05) is 18.6 Å². The summed E-state index contributed by atoms with van der Waals surface area (Å²) in [5.41, 5.74) is -1.35. The molecule has 1 aliphatic heterocycles. The second-order valence-electron chi connectivity index (χ2n) is 10.0. The quantitative estimate of drug-likeness (QED) is 0.144. The maximum absolute atomic E-state index is 14.7. The van der Waals surface area contributed by atoms with Crippen LogP contribution in [0.2, 0.25) is 0 Å². The van der Waals surface area contributed by atoms with Crippen LogP contribution in [0.3, 0.4) is 0 Å². The smallest absolute Gasteiger partial charge is 0.459 e. The number of carboxylic acid groups (broad SMARTS) is 1. The molecule has 2 aromatic carbocycles. The van der Waals surface area contributed by atoms with Crippen LogP contribution in [0.4, 0.5) is 10.2 Å². The van der Waals surface area contributed by atoms with Crippen LogP contribution in [-0.2, 0) is 18.6 Å². The number of para-hydroxylation sites is 1. The number of nitrogens with one attached hydrogen (secondary N) is 2. The highest BCUT2D eigenvalue weighted by molar-refractivity contribution is 7.52. The molecule has 5 N–H and O–H groups in total. The molecule has 3 heterocycles. The number of hydrogen-bond acceptors (Lipinski definition) is 10. The van der Waals surface area contributed by atoms with Gasteiger partial charge in [0, 0.05) is 5.56 Å². The molecule has 6 atom stereocenters. The Morgan fingerprint density at radius 3 is 2.45 bits per heavy atom. The molecule has 0 saturated carbocycles. The number of aliphatic carboxylic acids is 1. The lowest BCUT2D eigenvalue weighted by Crippen LogP contribution is -2.49. The average molecular weight is 630 g/mol. The van der Waals surface area contributed by atoms with Crippen LogP contribution < -0.4 is 14.9 Å². The highest BCUT2D eigenvalue weighted by atomic mass is 31.2. The molecule has 1 fully saturated rings. The number of ether oxygens (including phenoxy) is 1. The van der Waals surface area contributed by atoms with Gasteiger partial charge in [-0.2, -0.15) is 10.2 Å². The Kier molecular flexibility index (Phi) is 9.06. The van der Waals surface area contributed by atoms with Crippen molar-refractivity contribution in [3.8, 4) is 5.75 Å². The van der Waals surface area contributed by atoms with Crippen LogP contribution in [0.5, 0.6) is 5.75 Å². The van der Waals surface area contributed by atoms with Crippen molar-refractivity contribution < 1.29 is 47.6 Å². The number of anilines is 1. The van der Waals surface area contributed by atoms with E-state index in [9.17, 15) is 33.9 Å². The maximum Gasteiger partial charge on any atom is 0.459 e. The van der Waals surface area contributed by atoms with E-state index in [2.05, 4.69) is 20.5 Å². The van der Waals surface area contributed by atoms with Crippen molar-refractivity contribution in [2.24, 2.45) is 0 Å². The number of carbonyl (C=O) groups is 2. The summed E-state index contributed by atoms with van der Waals surface area (Å²) in [6, 6.07) is 17.8. The van der Waals surface area contributed by atoms with Gasteiger partial charge in [0.05, 0.1) is 12.3 Å². The molecular weight excluding hydrogens is 600 g/mol. The second kappa shape index (κ2) is 12.8. The van der Waals surface area contributed by atoms with Crippen LogP contribution in [0.1, 0.15) is 29.1 Å². The predicted molar refractivity (Wildman–Crippen MR) is 153 cm³/mol. The summed E-state index contributed by atoms with van der Waals surface area (Å²) in [4.78, 5) is 28.3. The van der Waals surface area contributed by atoms with Gasteiger partial charge < -0.3 is 29.9 Å². The van der Waals surface area contributed by atoms with E-state index in [1.807, 2.05) is 0 Å². The molecule has 44 heavy (non-hydrogen) atoms. The summed E-state index contributed by atoms with van der Waals surface area (Å²) in [5.74, 6) is -1.58. The third kappa shape index (κ3) is 6.33. The average Bonchev–Trinajstić information content (AvgIpc) is 3.56. The van der Waals surface area contributed by atoms with Crippen molar-refractivity contribution in [3.05, 3.63) is 90.4 Å². The Hall–Kier alpha value is -4.24. The van der Waals surface area contributed by atoms with Crippen molar-refractivity contribution in [1.29, 1.82) is 0 Å². The summed E-state index contributed by atoms with van der Waals surface area (Å²) in [6.45, 7) is -1.09. The summed E-state index contributed by atoms with van der Waals surface area (Å²) in [6.07, 6.45) is -3.79. The van der Waals surface area contributed by atoms with Crippen LogP contribution in [0, 0.1) is 0 Å². The Morgan fingerprint density at radius 2 is 1.80 bits per heavy atom. The largest absolute Gasteiger partial charge is 0.480 e. The minimum Gasteiger partial charge on any atom is -0.480 e. The molecule has 0 aliphatic carbocycles. The molecule has 0 radical (unpaired) electrons. The van der Waals surface area contributed by atoms with Crippen LogP contribution in [0.15, 0.2) is 79.1 Å². The number of benzene rings is 2. The molecule has 1 aliphatic rings. The minimum atomic E-state index is -4.51. The Bertz CT molecular complexity index is 1680. The lowest BCUT2D eigenvalue weighted by Gasteiger charge is -2.31. The van der Waals surface area contributed by atoms with Gasteiger partial charge in [-0.3, -0.25) is 14.1 Å². The summed E-state index contributed by atoms with van der Waals surface area (Å²) < 4.78 is 46.4. The van der Waals surface area contributed by atoms with E-state index in [1.165, 1.54) is 29.6 Å². The Balaban J connectivity index is 1.39. The second-order valence-corrected chi connectivity index (χ2v) is 11.7. The first-order valence-electron chi connectivity index (χ1n) is 13.3. The SMILES string of the molecule is C[C@H](N[P@](=O)(OC[C@@]1(CF)O[C@@H](c2ccc3c(NC(=O)c4ccccc4)ncnn23)[C@H](O)[C@@H]1O)Oc1ccccc1)C(=O)O. The zero-order valence-corrected chi connectivity index (χ0v) is 24.1. The summed E-state index contributed by atoms with van der Waals surface area (Å²) >= 11 is 0. The maximum atomic E-state index is 14.7. The molecule has 2 aromatic heterocycles. The topological polar surface area (TPSA) is 194 Å². The Labute approximate surface area is 250 Å². The van der Waals surface area contributed by atoms with E-state index in [0.717, 1.165) is 6.33 Å². The van der Waals surface area contributed by atoms with Gasteiger partial charge >= 0.3 is 13.7 Å². The monoisotopic (exact) mass is 629 g/mol. The molecule has 0 spiro atoms. The lowest BCUT2D eigenvalue weighted by atomic mass is 9.96. The molecule has 1 amide bonds. The van der Waals surface area contributed by atoms with Crippen molar-refractivity contribution in [3.63, 3.8) is 0 Å². The Morgan fingerprint density at radius 1 is 1.11 bits per heavy atom. The van der Waals surface area contributed by atoms with Gasteiger partial charge in [-0.05, 0) is 43.3 Å². The molecule has 232 valence electrons. The first-order valence-corrected chi connectivity index (χ1v) is 14.9. The summed E-state index contributed by atoms with van der Waals surface area (Å²) in [5, 5.41) is 40.4. The number of hydrogen-bond donors (Lipinski definition) is 5. The number of aromatic nitrogens is 3. The third-order valence-corrected chi connectivity index (χ3v) is 8.59. The molecule has 16 heteroatoms. The summed E-state index contributed by atoms with van der Waals surface area (Å²) in [7, 11) is -4.51. The van der Waals surface area contributed by atoms with Gasteiger partial charge in [0.1, 0.15) is 54.2 Å². The first kappa shape index (κ1) is 31.2. The van der Waals surface area contributed by atoms with Gasteiger partial charge in [0.2, 0.25) is 0 Å².